The summed E-state index contributed by atoms with van der Waals surface area (Å²) in [5.41, 5.74) is 2.50. The smallest absolute Gasteiger partial charge is 0.272 e. The Labute approximate surface area is 190 Å². The molecule has 0 unspecified atom stereocenters. The second-order valence-corrected chi connectivity index (χ2v) is 9.10. The lowest BCUT2D eigenvalue weighted by Gasteiger charge is -2.25. The highest BCUT2D eigenvalue weighted by atomic mass is 19.1. The van der Waals surface area contributed by atoms with Crippen molar-refractivity contribution in [1.29, 1.82) is 0 Å². The monoisotopic (exact) mass is 445 g/mol. The van der Waals surface area contributed by atoms with Crippen LogP contribution in [0.25, 0.3) is 11.4 Å². The number of fused-ring (bicyclic) bond motifs is 1. The number of nitrogens with zero attached hydrogens (tertiary/aromatic N) is 3. The van der Waals surface area contributed by atoms with Gasteiger partial charge in [-0.15, -0.1) is 0 Å². The SMILES string of the molecule is CC(C)C.CNC(=O)CNC(=O)c1nc(-c2ccc(F)c(C(C)C)c2)n2c1CN(C)CC2. The van der Waals surface area contributed by atoms with Crippen LogP contribution in [0, 0.1) is 11.7 Å². The van der Waals surface area contributed by atoms with Gasteiger partial charge in [-0.3, -0.25) is 14.5 Å². The number of amides is 2. The minimum atomic E-state index is -0.389. The van der Waals surface area contributed by atoms with Gasteiger partial charge in [-0.1, -0.05) is 34.6 Å². The highest BCUT2D eigenvalue weighted by Gasteiger charge is 2.27. The van der Waals surface area contributed by atoms with Crippen LogP contribution in [0.15, 0.2) is 18.2 Å². The van der Waals surface area contributed by atoms with Crippen LogP contribution >= 0.6 is 0 Å². The van der Waals surface area contributed by atoms with Crippen molar-refractivity contribution in [3.05, 3.63) is 41.0 Å². The van der Waals surface area contributed by atoms with Crippen molar-refractivity contribution in [1.82, 2.24) is 25.1 Å². The Morgan fingerprint density at radius 2 is 1.81 bits per heavy atom. The summed E-state index contributed by atoms with van der Waals surface area (Å²) in [7, 11) is 3.50. The fourth-order valence-corrected chi connectivity index (χ4v) is 3.35. The largest absolute Gasteiger partial charge is 0.358 e. The molecule has 0 aliphatic carbocycles. The van der Waals surface area contributed by atoms with Crippen LogP contribution in [0.5, 0.6) is 0 Å². The predicted molar refractivity (Wildman–Crippen MR) is 125 cm³/mol. The zero-order valence-electron chi connectivity index (χ0n) is 20.3. The van der Waals surface area contributed by atoms with E-state index in [0.717, 1.165) is 23.7 Å². The molecule has 0 saturated carbocycles. The zero-order chi connectivity index (χ0) is 24.0. The second kappa shape index (κ2) is 11.2. The average Bonchev–Trinajstić information content (AvgIpc) is 3.10. The molecule has 32 heavy (non-hydrogen) atoms. The van der Waals surface area contributed by atoms with Crippen molar-refractivity contribution < 1.29 is 14.0 Å². The summed E-state index contributed by atoms with van der Waals surface area (Å²) >= 11 is 0. The summed E-state index contributed by atoms with van der Waals surface area (Å²) in [6, 6.07) is 4.95. The van der Waals surface area contributed by atoms with E-state index in [1.807, 2.05) is 25.5 Å². The summed E-state index contributed by atoms with van der Waals surface area (Å²) in [5, 5.41) is 5.08. The first-order valence-electron chi connectivity index (χ1n) is 11.1. The third-order valence-electron chi connectivity index (χ3n) is 4.98. The molecule has 1 aromatic heterocycles. The van der Waals surface area contributed by atoms with Crippen LogP contribution < -0.4 is 10.6 Å². The number of hydrogen-bond acceptors (Lipinski definition) is 4. The van der Waals surface area contributed by atoms with Gasteiger partial charge in [0, 0.05) is 32.2 Å². The summed E-state index contributed by atoms with van der Waals surface area (Å²) in [5.74, 6) is 0.610. The molecule has 2 heterocycles. The molecule has 1 aromatic carbocycles. The Balaban J connectivity index is 0.000000837. The van der Waals surface area contributed by atoms with Crippen molar-refractivity contribution in [2.75, 3.05) is 27.2 Å². The molecule has 0 atom stereocenters. The fourth-order valence-electron chi connectivity index (χ4n) is 3.35. The van der Waals surface area contributed by atoms with E-state index in [1.54, 1.807) is 12.1 Å². The van der Waals surface area contributed by atoms with E-state index in [9.17, 15) is 14.0 Å². The van der Waals surface area contributed by atoms with E-state index in [4.69, 9.17) is 0 Å². The lowest BCUT2D eigenvalue weighted by atomic mass is 10.00. The molecule has 0 fully saturated rings. The molecule has 2 amide bonds. The number of likely N-dealkylation sites (N-methyl/N-ethyl adjacent to an activating group) is 2. The number of rotatable bonds is 5. The van der Waals surface area contributed by atoms with E-state index >= 15 is 0 Å². The van der Waals surface area contributed by atoms with E-state index in [-0.39, 0.29) is 30.1 Å². The molecule has 0 bridgehead atoms. The molecule has 176 valence electrons. The predicted octanol–water partition coefficient (Wildman–Crippen LogP) is 3.40. The molecular formula is C24H36FN5O2. The second-order valence-electron chi connectivity index (χ2n) is 9.10. The zero-order valence-corrected chi connectivity index (χ0v) is 20.3. The number of carbonyl (C=O) groups is 2. The van der Waals surface area contributed by atoms with Gasteiger partial charge in [-0.2, -0.15) is 0 Å². The van der Waals surface area contributed by atoms with Gasteiger partial charge < -0.3 is 15.2 Å². The molecule has 0 spiro atoms. The Bertz CT molecular complexity index is 949. The number of carbonyl (C=O) groups excluding carboxylic acids is 2. The maximum atomic E-state index is 14.1. The first kappa shape index (κ1) is 25.5. The number of hydrogen-bond donors (Lipinski definition) is 2. The Hall–Kier alpha value is -2.74. The third-order valence-corrected chi connectivity index (χ3v) is 4.98. The van der Waals surface area contributed by atoms with Gasteiger partial charge in [0.05, 0.1) is 12.2 Å². The molecule has 2 N–H and O–H groups in total. The van der Waals surface area contributed by atoms with Gasteiger partial charge in [0.15, 0.2) is 5.69 Å². The summed E-state index contributed by atoms with van der Waals surface area (Å²) in [6.07, 6.45) is 0. The van der Waals surface area contributed by atoms with Crippen LogP contribution in [0.3, 0.4) is 0 Å². The van der Waals surface area contributed by atoms with Crippen LogP contribution in [-0.2, 0) is 17.9 Å². The van der Waals surface area contributed by atoms with Gasteiger partial charge >= 0.3 is 0 Å². The van der Waals surface area contributed by atoms with E-state index in [0.29, 0.717) is 30.2 Å². The van der Waals surface area contributed by atoms with Gasteiger partial charge in [0.25, 0.3) is 5.91 Å². The first-order valence-corrected chi connectivity index (χ1v) is 11.1. The Morgan fingerprint density at radius 3 is 2.41 bits per heavy atom. The molecule has 1 aliphatic heterocycles. The van der Waals surface area contributed by atoms with Gasteiger partial charge in [0.1, 0.15) is 11.6 Å². The molecule has 1 aliphatic rings. The molecular weight excluding hydrogens is 409 g/mol. The van der Waals surface area contributed by atoms with Crippen molar-refractivity contribution >= 4 is 11.8 Å². The number of benzene rings is 1. The molecule has 0 saturated heterocycles. The minimum Gasteiger partial charge on any atom is -0.358 e. The van der Waals surface area contributed by atoms with Crippen molar-refractivity contribution in [2.24, 2.45) is 5.92 Å². The number of imidazole rings is 1. The topological polar surface area (TPSA) is 79.3 Å². The molecule has 8 heteroatoms. The standard InChI is InChI=1S/C20H26FN5O2.C4H10/c1-12(2)14-9-13(5-6-15(14)21)19-24-18(20(28)23-10-17(27)22-3)16-11-25(4)7-8-26(16)19;1-4(2)3/h5-6,9,12H,7-8,10-11H2,1-4H3,(H,22,27)(H,23,28);4H,1-3H3. The van der Waals surface area contributed by atoms with Crippen LogP contribution in [-0.4, -0.2) is 53.5 Å². The van der Waals surface area contributed by atoms with Crippen LogP contribution in [0.1, 0.15) is 62.3 Å². The third kappa shape index (κ3) is 6.38. The molecule has 0 radical (unpaired) electrons. The average molecular weight is 446 g/mol. The van der Waals surface area contributed by atoms with Gasteiger partial charge in [-0.25, -0.2) is 9.37 Å². The fraction of sp³-hybridized carbons (Fsp3) is 0.542. The number of nitrogens with one attached hydrogen (secondary N) is 2. The summed E-state index contributed by atoms with van der Waals surface area (Å²) < 4.78 is 16.2. The van der Waals surface area contributed by atoms with Gasteiger partial charge in [-0.05, 0) is 42.6 Å². The lowest BCUT2D eigenvalue weighted by Crippen LogP contribution is -2.37. The van der Waals surface area contributed by atoms with E-state index < -0.39 is 0 Å². The quantitative estimate of drug-likeness (QED) is 0.739. The summed E-state index contributed by atoms with van der Waals surface area (Å²) in [6.45, 7) is 12.4. The number of halogens is 1. The molecule has 2 aromatic rings. The first-order chi connectivity index (χ1) is 15.0. The number of aromatic nitrogens is 2. The van der Waals surface area contributed by atoms with Crippen LogP contribution in [0.4, 0.5) is 4.39 Å². The van der Waals surface area contributed by atoms with Crippen molar-refractivity contribution in [2.45, 2.75) is 53.6 Å². The van der Waals surface area contributed by atoms with Crippen LogP contribution in [0.2, 0.25) is 0 Å². The van der Waals surface area contributed by atoms with Crippen molar-refractivity contribution in [3.8, 4) is 11.4 Å². The highest BCUT2D eigenvalue weighted by Crippen LogP contribution is 2.29. The summed E-state index contributed by atoms with van der Waals surface area (Å²) in [4.78, 5) is 30.8. The highest BCUT2D eigenvalue weighted by molar-refractivity contribution is 5.96. The minimum absolute atomic E-state index is 0.0391. The van der Waals surface area contributed by atoms with Crippen molar-refractivity contribution in [3.63, 3.8) is 0 Å². The maximum Gasteiger partial charge on any atom is 0.272 e. The molecule has 7 nitrogen and oxygen atoms in total. The van der Waals surface area contributed by atoms with E-state index in [1.165, 1.54) is 13.1 Å². The van der Waals surface area contributed by atoms with Gasteiger partial charge in [0.2, 0.25) is 5.91 Å². The lowest BCUT2D eigenvalue weighted by molar-refractivity contribution is -0.119. The van der Waals surface area contributed by atoms with E-state index in [2.05, 4.69) is 41.3 Å². The Morgan fingerprint density at radius 1 is 1.16 bits per heavy atom. The molecule has 3 rings (SSSR count). The normalized spacial score (nSPS) is 13.4. The maximum absolute atomic E-state index is 14.1. The Kier molecular flexibility index (Phi) is 8.95.